The molecule has 1 saturated heterocycles. The van der Waals surface area contributed by atoms with Gasteiger partial charge >= 0.3 is 0 Å². The third-order valence-electron chi connectivity index (χ3n) is 3.78. The van der Waals surface area contributed by atoms with Gasteiger partial charge in [-0.2, -0.15) is 0 Å². The van der Waals surface area contributed by atoms with Gasteiger partial charge in [-0.25, -0.2) is 0 Å². The number of hydrogen-bond acceptors (Lipinski definition) is 4. The van der Waals surface area contributed by atoms with Crippen LogP contribution in [-0.2, 0) is 4.74 Å². The van der Waals surface area contributed by atoms with Crippen molar-refractivity contribution in [3.8, 4) is 0 Å². The van der Waals surface area contributed by atoms with Crippen molar-refractivity contribution in [2.24, 2.45) is 11.7 Å². The number of hydrogen-bond donors (Lipinski definition) is 1. The molecule has 2 rings (SSSR count). The number of aryl methyl sites for hydroxylation is 1. The number of methoxy groups -OCH3 is 1. The van der Waals surface area contributed by atoms with Gasteiger partial charge in [0, 0.05) is 24.6 Å². The van der Waals surface area contributed by atoms with Crippen LogP contribution in [-0.4, -0.2) is 37.7 Å². The second-order valence-corrected chi connectivity index (χ2v) is 6.32. The molecule has 2 heterocycles. The summed E-state index contributed by atoms with van der Waals surface area (Å²) in [6.07, 6.45) is 1.22. The maximum absolute atomic E-state index is 6.23. The molecule has 0 saturated carbocycles. The number of thiophene rings is 1. The predicted molar refractivity (Wildman–Crippen MR) is 77.0 cm³/mol. The van der Waals surface area contributed by atoms with Crippen molar-refractivity contribution in [2.45, 2.75) is 32.4 Å². The van der Waals surface area contributed by atoms with Crippen LogP contribution in [0.5, 0.6) is 0 Å². The Hall–Kier alpha value is -0.420. The van der Waals surface area contributed by atoms with Crippen LogP contribution >= 0.6 is 11.3 Å². The summed E-state index contributed by atoms with van der Waals surface area (Å²) in [6, 6.07) is 2.73. The minimum absolute atomic E-state index is 0.170. The molecule has 4 heteroatoms. The van der Waals surface area contributed by atoms with Crippen LogP contribution in [0.25, 0.3) is 0 Å². The van der Waals surface area contributed by atoms with Crippen LogP contribution < -0.4 is 5.73 Å². The van der Waals surface area contributed by atoms with Gasteiger partial charge in [0.05, 0.1) is 12.6 Å². The Morgan fingerprint density at radius 1 is 1.61 bits per heavy atom. The molecular formula is C14H24N2OS. The molecule has 3 atom stereocenters. The van der Waals surface area contributed by atoms with Gasteiger partial charge < -0.3 is 10.5 Å². The SMILES string of the molecule is COCC1CCN(C(c2sccc2C)C(C)N)C1. The van der Waals surface area contributed by atoms with Gasteiger partial charge in [0.1, 0.15) is 0 Å². The number of ether oxygens (including phenoxy) is 1. The minimum atomic E-state index is 0.170. The van der Waals surface area contributed by atoms with Crippen LogP contribution in [0.4, 0.5) is 0 Å². The summed E-state index contributed by atoms with van der Waals surface area (Å²) in [5, 5.41) is 2.17. The van der Waals surface area contributed by atoms with Crippen molar-refractivity contribution >= 4 is 11.3 Å². The molecule has 2 N–H and O–H groups in total. The van der Waals surface area contributed by atoms with Gasteiger partial charge in [-0.15, -0.1) is 11.3 Å². The summed E-state index contributed by atoms with van der Waals surface area (Å²) >= 11 is 1.83. The molecule has 102 valence electrons. The normalized spacial score (nSPS) is 24.3. The van der Waals surface area contributed by atoms with Crippen LogP contribution in [0.1, 0.15) is 29.8 Å². The molecule has 3 unspecified atom stereocenters. The van der Waals surface area contributed by atoms with E-state index in [4.69, 9.17) is 10.5 Å². The van der Waals surface area contributed by atoms with Crippen molar-refractivity contribution in [1.29, 1.82) is 0 Å². The molecule has 3 nitrogen and oxygen atoms in total. The molecule has 0 aliphatic carbocycles. The van der Waals surface area contributed by atoms with Crippen LogP contribution in [0, 0.1) is 12.8 Å². The molecule has 0 spiro atoms. The lowest BCUT2D eigenvalue weighted by molar-refractivity contribution is 0.144. The first-order valence-corrected chi connectivity index (χ1v) is 7.54. The molecule has 1 aliphatic heterocycles. The Morgan fingerprint density at radius 2 is 2.39 bits per heavy atom. The Bertz CT molecular complexity index is 378. The predicted octanol–water partition coefficient (Wildman–Crippen LogP) is 2.41. The fourth-order valence-corrected chi connectivity index (χ4v) is 4.09. The van der Waals surface area contributed by atoms with E-state index in [1.54, 1.807) is 7.11 Å². The van der Waals surface area contributed by atoms with Crippen LogP contribution in [0.2, 0.25) is 0 Å². The summed E-state index contributed by atoms with van der Waals surface area (Å²) in [5.41, 5.74) is 7.60. The second-order valence-electron chi connectivity index (χ2n) is 5.38. The highest BCUT2D eigenvalue weighted by Gasteiger charge is 2.32. The average Bonchev–Trinajstić information content (AvgIpc) is 2.91. The van der Waals surface area contributed by atoms with E-state index in [2.05, 4.69) is 30.2 Å². The Balaban J connectivity index is 2.10. The first-order valence-electron chi connectivity index (χ1n) is 6.66. The first kappa shape index (κ1) is 14.0. The van der Waals surface area contributed by atoms with Crippen molar-refractivity contribution in [2.75, 3.05) is 26.8 Å². The maximum Gasteiger partial charge on any atom is 0.0593 e. The third kappa shape index (κ3) is 2.94. The minimum Gasteiger partial charge on any atom is -0.384 e. The van der Waals surface area contributed by atoms with Crippen molar-refractivity contribution in [3.05, 3.63) is 21.9 Å². The highest BCUT2D eigenvalue weighted by Crippen LogP contribution is 2.34. The molecule has 0 bridgehead atoms. The molecule has 1 aromatic rings. The van der Waals surface area contributed by atoms with Crippen molar-refractivity contribution < 1.29 is 4.74 Å². The van der Waals surface area contributed by atoms with Crippen molar-refractivity contribution in [1.82, 2.24) is 4.90 Å². The molecule has 1 aromatic heterocycles. The lowest BCUT2D eigenvalue weighted by Crippen LogP contribution is -2.38. The summed E-state index contributed by atoms with van der Waals surface area (Å²) in [5.74, 6) is 0.663. The van der Waals surface area contributed by atoms with E-state index in [0.29, 0.717) is 12.0 Å². The molecule has 18 heavy (non-hydrogen) atoms. The molecule has 0 aromatic carbocycles. The number of nitrogens with zero attached hydrogens (tertiary/aromatic N) is 1. The summed E-state index contributed by atoms with van der Waals surface area (Å²) in [7, 11) is 1.79. The van der Waals surface area contributed by atoms with E-state index in [1.165, 1.54) is 16.9 Å². The van der Waals surface area contributed by atoms with E-state index >= 15 is 0 Å². The van der Waals surface area contributed by atoms with E-state index in [1.807, 2.05) is 11.3 Å². The fraction of sp³-hybridized carbons (Fsp3) is 0.714. The monoisotopic (exact) mass is 268 g/mol. The zero-order valence-corrected chi connectivity index (χ0v) is 12.4. The third-order valence-corrected chi connectivity index (χ3v) is 4.87. The smallest absolute Gasteiger partial charge is 0.0593 e. The lowest BCUT2D eigenvalue weighted by atomic mass is 10.0. The van der Waals surface area contributed by atoms with Gasteiger partial charge in [-0.05, 0) is 49.7 Å². The molecular weight excluding hydrogens is 244 g/mol. The second kappa shape index (κ2) is 6.15. The maximum atomic E-state index is 6.23. The molecule has 1 aliphatic rings. The number of nitrogens with two attached hydrogens (primary N) is 1. The zero-order chi connectivity index (χ0) is 13.1. The number of likely N-dealkylation sites (tertiary alicyclic amines) is 1. The fourth-order valence-electron chi connectivity index (χ4n) is 2.91. The average molecular weight is 268 g/mol. The highest BCUT2D eigenvalue weighted by atomic mass is 32.1. The van der Waals surface area contributed by atoms with Gasteiger partial charge in [-0.1, -0.05) is 0 Å². The van der Waals surface area contributed by atoms with E-state index in [0.717, 1.165) is 19.7 Å². The lowest BCUT2D eigenvalue weighted by Gasteiger charge is -2.31. The van der Waals surface area contributed by atoms with E-state index in [9.17, 15) is 0 Å². The van der Waals surface area contributed by atoms with Gasteiger partial charge in [0.25, 0.3) is 0 Å². The number of rotatable bonds is 5. The quantitative estimate of drug-likeness (QED) is 0.891. The Morgan fingerprint density at radius 3 is 2.94 bits per heavy atom. The van der Waals surface area contributed by atoms with Crippen molar-refractivity contribution in [3.63, 3.8) is 0 Å². The molecule has 0 amide bonds. The van der Waals surface area contributed by atoms with Crippen LogP contribution in [0.15, 0.2) is 11.4 Å². The largest absolute Gasteiger partial charge is 0.384 e. The summed E-state index contributed by atoms with van der Waals surface area (Å²) < 4.78 is 5.27. The summed E-state index contributed by atoms with van der Waals surface area (Å²) in [6.45, 7) is 7.41. The molecule has 0 radical (unpaired) electrons. The van der Waals surface area contributed by atoms with Crippen LogP contribution in [0.3, 0.4) is 0 Å². The highest BCUT2D eigenvalue weighted by molar-refractivity contribution is 7.10. The summed E-state index contributed by atoms with van der Waals surface area (Å²) in [4.78, 5) is 3.97. The first-order chi connectivity index (χ1) is 8.63. The standard InChI is InChI=1S/C14H24N2OS/c1-10-5-7-18-14(10)13(11(2)15)16-6-4-12(8-16)9-17-3/h5,7,11-13H,4,6,8-9,15H2,1-3H3. The van der Waals surface area contributed by atoms with Gasteiger partial charge in [0.15, 0.2) is 0 Å². The van der Waals surface area contributed by atoms with Gasteiger partial charge in [0.2, 0.25) is 0 Å². The molecule has 1 fully saturated rings. The van der Waals surface area contributed by atoms with E-state index < -0.39 is 0 Å². The van der Waals surface area contributed by atoms with Gasteiger partial charge in [-0.3, -0.25) is 4.90 Å². The Labute approximate surface area is 114 Å². The van der Waals surface area contributed by atoms with E-state index in [-0.39, 0.29) is 6.04 Å². The zero-order valence-electron chi connectivity index (χ0n) is 11.6. The topological polar surface area (TPSA) is 38.5 Å². The Kier molecular flexibility index (Phi) is 4.78.